The third kappa shape index (κ3) is 3.61. The molecular formula is C17H26N4O3. The maximum absolute atomic E-state index is 12.6. The Labute approximate surface area is 142 Å². The van der Waals surface area contributed by atoms with Crippen LogP contribution in [0.5, 0.6) is 0 Å². The van der Waals surface area contributed by atoms with Gasteiger partial charge in [-0.2, -0.15) is 0 Å². The number of piperazine rings is 1. The standard InChI is InChI=1S/C17H26N4O3/c1-13-16(14(2)24-18-13)17(23)21-10-8-19(9-11-21)12-15(22)20-6-4-3-5-7-20/h3-12H2,1-2H3. The second-order valence-corrected chi connectivity index (χ2v) is 6.71. The van der Waals surface area contributed by atoms with Gasteiger partial charge in [0.15, 0.2) is 0 Å². The molecule has 7 heteroatoms. The van der Waals surface area contributed by atoms with E-state index in [2.05, 4.69) is 10.1 Å². The Morgan fingerprint density at radius 3 is 2.21 bits per heavy atom. The molecule has 0 atom stereocenters. The molecule has 0 saturated carbocycles. The number of nitrogens with zero attached hydrogens (tertiary/aromatic N) is 4. The molecule has 2 saturated heterocycles. The summed E-state index contributed by atoms with van der Waals surface area (Å²) < 4.78 is 5.09. The van der Waals surface area contributed by atoms with Crippen LogP contribution in [0, 0.1) is 13.8 Å². The minimum Gasteiger partial charge on any atom is -0.361 e. The zero-order valence-corrected chi connectivity index (χ0v) is 14.6. The van der Waals surface area contributed by atoms with Gasteiger partial charge in [-0.1, -0.05) is 5.16 Å². The van der Waals surface area contributed by atoms with E-state index in [9.17, 15) is 9.59 Å². The molecule has 0 aromatic carbocycles. The number of hydrogen-bond acceptors (Lipinski definition) is 5. The van der Waals surface area contributed by atoms with Crippen molar-refractivity contribution in [2.45, 2.75) is 33.1 Å². The first-order valence-corrected chi connectivity index (χ1v) is 8.78. The molecule has 0 N–H and O–H groups in total. The van der Waals surface area contributed by atoms with Gasteiger partial charge >= 0.3 is 0 Å². The van der Waals surface area contributed by atoms with Crippen molar-refractivity contribution in [3.63, 3.8) is 0 Å². The summed E-state index contributed by atoms with van der Waals surface area (Å²) in [7, 11) is 0. The topological polar surface area (TPSA) is 69.9 Å². The Kier molecular flexibility index (Phi) is 5.18. The zero-order chi connectivity index (χ0) is 17.1. The summed E-state index contributed by atoms with van der Waals surface area (Å²) in [5, 5.41) is 3.86. The molecule has 0 spiro atoms. The van der Waals surface area contributed by atoms with E-state index in [1.807, 2.05) is 9.80 Å². The first kappa shape index (κ1) is 17.0. The number of rotatable bonds is 3. The number of aromatic nitrogens is 1. The van der Waals surface area contributed by atoms with Crippen molar-refractivity contribution in [2.75, 3.05) is 45.8 Å². The lowest BCUT2D eigenvalue weighted by Gasteiger charge is -2.36. The number of amides is 2. The first-order valence-electron chi connectivity index (χ1n) is 8.78. The Morgan fingerprint density at radius 1 is 0.958 bits per heavy atom. The molecule has 2 aliphatic rings. The fraction of sp³-hybridized carbons (Fsp3) is 0.706. The molecular weight excluding hydrogens is 308 g/mol. The van der Waals surface area contributed by atoms with Crippen LogP contribution in [-0.2, 0) is 4.79 Å². The highest BCUT2D eigenvalue weighted by Gasteiger charge is 2.28. The quantitative estimate of drug-likeness (QED) is 0.827. The van der Waals surface area contributed by atoms with Gasteiger partial charge in [0.05, 0.1) is 12.2 Å². The van der Waals surface area contributed by atoms with Crippen molar-refractivity contribution in [1.82, 2.24) is 19.9 Å². The van der Waals surface area contributed by atoms with Crippen LogP contribution < -0.4 is 0 Å². The molecule has 0 unspecified atom stereocenters. The van der Waals surface area contributed by atoms with Gasteiger partial charge in [-0.05, 0) is 33.1 Å². The maximum atomic E-state index is 12.6. The average molecular weight is 334 g/mol. The number of piperidine rings is 1. The van der Waals surface area contributed by atoms with E-state index in [4.69, 9.17) is 4.52 Å². The molecule has 0 aliphatic carbocycles. The fourth-order valence-electron chi connectivity index (χ4n) is 3.49. The number of likely N-dealkylation sites (tertiary alicyclic amines) is 1. The summed E-state index contributed by atoms with van der Waals surface area (Å²) in [6, 6.07) is 0. The highest BCUT2D eigenvalue weighted by molar-refractivity contribution is 5.96. The van der Waals surface area contributed by atoms with E-state index in [1.165, 1.54) is 6.42 Å². The lowest BCUT2D eigenvalue weighted by molar-refractivity contribution is -0.133. The number of hydrogen-bond donors (Lipinski definition) is 0. The molecule has 1 aromatic heterocycles. The predicted molar refractivity (Wildman–Crippen MR) is 88.8 cm³/mol. The fourth-order valence-corrected chi connectivity index (χ4v) is 3.49. The minimum atomic E-state index is -0.0201. The van der Waals surface area contributed by atoms with Gasteiger partial charge in [-0.25, -0.2) is 0 Å². The second-order valence-electron chi connectivity index (χ2n) is 6.71. The molecule has 1 aromatic rings. The third-order valence-electron chi connectivity index (χ3n) is 4.97. The summed E-state index contributed by atoms with van der Waals surface area (Å²) in [6.45, 7) is 8.54. The van der Waals surface area contributed by atoms with Gasteiger partial charge < -0.3 is 14.3 Å². The summed E-state index contributed by atoms with van der Waals surface area (Å²) in [5.74, 6) is 0.772. The summed E-state index contributed by atoms with van der Waals surface area (Å²) in [5.41, 5.74) is 1.22. The molecule has 3 rings (SSSR count). The minimum absolute atomic E-state index is 0.0201. The van der Waals surface area contributed by atoms with Crippen LogP contribution >= 0.6 is 0 Å². The number of carbonyl (C=O) groups is 2. The Balaban J connectivity index is 1.50. The molecule has 2 amide bonds. The van der Waals surface area contributed by atoms with Crippen molar-refractivity contribution < 1.29 is 14.1 Å². The van der Waals surface area contributed by atoms with E-state index in [1.54, 1.807) is 13.8 Å². The second kappa shape index (κ2) is 7.34. The summed E-state index contributed by atoms with van der Waals surface area (Å²) >= 11 is 0. The van der Waals surface area contributed by atoms with Crippen LogP contribution in [-0.4, -0.2) is 77.5 Å². The van der Waals surface area contributed by atoms with Crippen LogP contribution in [0.2, 0.25) is 0 Å². The van der Waals surface area contributed by atoms with E-state index < -0.39 is 0 Å². The van der Waals surface area contributed by atoms with Crippen molar-refractivity contribution >= 4 is 11.8 Å². The molecule has 0 radical (unpaired) electrons. The predicted octanol–water partition coefficient (Wildman–Crippen LogP) is 1.06. The van der Waals surface area contributed by atoms with Gasteiger partial charge in [0, 0.05) is 39.3 Å². The van der Waals surface area contributed by atoms with Crippen molar-refractivity contribution in [2.24, 2.45) is 0 Å². The monoisotopic (exact) mass is 334 g/mol. The van der Waals surface area contributed by atoms with Crippen LogP contribution in [0.3, 0.4) is 0 Å². The van der Waals surface area contributed by atoms with Gasteiger partial charge in [0.1, 0.15) is 11.3 Å². The van der Waals surface area contributed by atoms with Gasteiger partial charge in [0.2, 0.25) is 5.91 Å². The highest BCUT2D eigenvalue weighted by Crippen LogP contribution is 2.16. The third-order valence-corrected chi connectivity index (χ3v) is 4.97. The summed E-state index contributed by atoms with van der Waals surface area (Å²) in [4.78, 5) is 30.9. The zero-order valence-electron chi connectivity index (χ0n) is 14.6. The van der Waals surface area contributed by atoms with Crippen LogP contribution in [0.1, 0.15) is 41.1 Å². The molecule has 3 heterocycles. The van der Waals surface area contributed by atoms with Crippen LogP contribution in [0.4, 0.5) is 0 Å². The van der Waals surface area contributed by atoms with Gasteiger partial charge in [-0.15, -0.1) is 0 Å². The molecule has 132 valence electrons. The maximum Gasteiger partial charge on any atom is 0.259 e. The summed E-state index contributed by atoms with van der Waals surface area (Å²) in [6.07, 6.45) is 3.46. The lowest BCUT2D eigenvalue weighted by atomic mass is 10.1. The normalized spacial score (nSPS) is 19.6. The molecule has 7 nitrogen and oxygen atoms in total. The number of aryl methyl sites for hydroxylation is 2. The first-order chi connectivity index (χ1) is 11.6. The molecule has 2 fully saturated rings. The van der Waals surface area contributed by atoms with E-state index in [-0.39, 0.29) is 11.8 Å². The van der Waals surface area contributed by atoms with Crippen LogP contribution in [0.15, 0.2) is 4.52 Å². The van der Waals surface area contributed by atoms with Crippen molar-refractivity contribution in [3.05, 3.63) is 17.0 Å². The molecule has 0 bridgehead atoms. The smallest absolute Gasteiger partial charge is 0.259 e. The van der Waals surface area contributed by atoms with Gasteiger partial charge in [0.25, 0.3) is 5.91 Å². The van der Waals surface area contributed by atoms with Crippen LogP contribution in [0.25, 0.3) is 0 Å². The Bertz CT molecular complexity index is 579. The molecule has 24 heavy (non-hydrogen) atoms. The van der Waals surface area contributed by atoms with Crippen molar-refractivity contribution in [1.29, 1.82) is 0 Å². The Hall–Kier alpha value is -1.89. The largest absolute Gasteiger partial charge is 0.361 e. The molecule has 2 aliphatic heterocycles. The highest BCUT2D eigenvalue weighted by atomic mass is 16.5. The van der Waals surface area contributed by atoms with Crippen molar-refractivity contribution in [3.8, 4) is 0 Å². The number of carbonyl (C=O) groups excluding carboxylic acids is 2. The average Bonchev–Trinajstić information content (AvgIpc) is 2.94. The SMILES string of the molecule is Cc1noc(C)c1C(=O)N1CCN(CC(=O)N2CCCCC2)CC1. The van der Waals surface area contributed by atoms with E-state index in [0.717, 1.165) is 39.0 Å². The Morgan fingerprint density at radius 2 is 1.62 bits per heavy atom. The lowest BCUT2D eigenvalue weighted by Crippen LogP contribution is -2.52. The van der Waals surface area contributed by atoms with Gasteiger partial charge in [-0.3, -0.25) is 14.5 Å². The van der Waals surface area contributed by atoms with E-state index >= 15 is 0 Å². The van der Waals surface area contributed by atoms with E-state index in [0.29, 0.717) is 36.7 Å².